The van der Waals surface area contributed by atoms with Gasteiger partial charge < -0.3 is 10.5 Å². The minimum atomic E-state index is -0.312. The number of hydrogen-bond donors (Lipinski definition) is 1. The van der Waals surface area contributed by atoms with Crippen molar-refractivity contribution in [3.8, 4) is 5.75 Å². The van der Waals surface area contributed by atoms with Gasteiger partial charge in [-0.1, -0.05) is 23.2 Å². The Labute approximate surface area is 97.9 Å². The van der Waals surface area contributed by atoms with Gasteiger partial charge >= 0.3 is 0 Å². The van der Waals surface area contributed by atoms with Crippen LogP contribution < -0.4 is 10.5 Å². The number of benzene rings is 1. The van der Waals surface area contributed by atoms with E-state index in [4.69, 9.17) is 45.3 Å². The van der Waals surface area contributed by atoms with Crippen LogP contribution in [0, 0.1) is 0 Å². The van der Waals surface area contributed by atoms with Crippen LogP contribution in [0.5, 0.6) is 5.75 Å². The Morgan fingerprint density at radius 3 is 2.50 bits per heavy atom. The number of methoxy groups -OCH3 is 1. The molecule has 0 amide bonds. The molecule has 1 atom stereocenters. The van der Waals surface area contributed by atoms with Crippen molar-refractivity contribution in [2.24, 2.45) is 5.73 Å². The molecule has 1 unspecified atom stereocenters. The Morgan fingerprint density at radius 2 is 2.00 bits per heavy atom. The summed E-state index contributed by atoms with van der Waals surface area (Å²) >= 11 is 17.5. The van der Waals surface area contributed by atoms with Crippen molar-refractivity contribution in [1.29, 1.82) is 0 Å². The first-order valence-electron chi connectivity index (χ1n) is 3.94. The lowest BCUT2D eigenvalue weighted by atomic mass is 10.1. The summed E-state index contributed by atoms with van der Waals surface area (Å²) in [6, 6.07) is 2.99. The smallest absolute Gasteiger partial charge is 0.138 e. The van der Waals surface area contributed by atoms with E-state index in [1.165, 1.54) is 7.11 Å². The lowest BCUT2D eigenvalue weighted by Crippen LogP contribution is -2.12. The zero-order valence-electron chi connectivity index (χ0n) is 7.56. The molecule has 1 aromatic carbocycles. The van der Waals surface area contributed by atoms with E-state index in [2.05, 4.69) is 0 Å². The maximum Gasteiger partial charge on any atom is 0.138 e. The zero-order valence-corrected chi connectivity index (χ0v) is 9.83. The molecule has 14 heavy (non-hydrogen) atoms. The molecule has 1 aromatic rings. The van der Waals surface area contributed by atoms with E-state index < -0.39 is 0 Å². The van der Waals surface area contributed by atoms with Crippen molar-refractivity contribution in [3.63, 3.8) is 0 Å². The van der Waals surface area contributed by atoms with Gasteiger partial charge in [-0.3, -0.25) is 0 Å². The highest BCUT2D eigenvalue weighted by Crippen LogP contribution is 2.33. The van der Waals surface area contributed by atoms with Gasteiger partial charge in [0.2, 0.25) is 0 Å². The first kappa shape index (κ1) is 11.9. The largest absolute Gasteiger partial charge is 0.495 e. The molecular formula is C9H10Cl3NO. The van der Waals surface area contributed by atoms with E-state index >= 15 is 0 Å². The van der Waals surface area contributed by atoms with E-state index in [9.17, 15) is 0 Å². The molecule has 78 valence electrons. The van der Waals surface area contributed by atoms with Gasteiger partial charge in [0.15, 0.2) is 0 Å². The summed E-state index contributed by atoms with van der Waals surface area (Å²) in [6.45, 7) is 0. The Bertz CT molecular complexity index is 330. The predicted octanol–water partition coefficient (Wildman–Crippen LogP) is 3.24. The van der Waals surface area contributed by atoms with Crippen LogP contribution in [-0.2, 0) is 0 Å². The molecule has 0 aliphatic carbocycles. The molecule has 0 saturated heterocycles. The second-order valence-corrected chi connectivity index (χ2v) is 3.89. The zero-order chi connectivity index (χ0) is 10.7. The third-order valence-electron chi connectivity index (χ3n) is 1.84. The summed E-state index contributed by atoms with van der Waals surface area (Å²) in [5.74, 6) is 0.824. The SMILES string of the molecule is COc1cc(Cl)c(C(N)CCl)cc1Cl. The summed E-state index contributed by atoms with van der Waals surface area (Å²) in [4.78, 5) is 0. The fraction of sp³-hybridized carbons (Fsp3) is 0.333. The maximum absolute atomic E-state index is 5.98. The summed E-state index contributed by atoms with van der Waals surface area (Å²) < 4.78 is 5.00. The molecule has 0 bridgehead atoms. The third-order valence-corrected chi connectivity index (χ3v) is 2.79. The van der Waals surface area contributed by atoms with E-state index in [0.29, 0.717) is 21.7 Å². The first-order valence-corrected chi connectivity index (χ1v) is 5.23. The molecule has 0 radical (unpaired) electrons. The highest BCUT2D eigenvalue weighted by molar-refractivity contribution is 6.34. The summed E-state index contributed by atoms with van der Waals surface area (Å²) in [6.07, 6.45) is 0. The normalized spacial score (nSPS) is 12.6. The Kier molecular flexibility index (Phi) is 4.32. The average Bonchev–Trinajstić information content (AvgIpc) is 2.19. The second kappa shape index (κ2) is 5.08. The van der Waals surface area contributed by atoms with Crippen LogP contribution in [0.2, 0.25) is 10.0 Å². The topological polar surface area (TPSA) is 35.2 Å². The van der Waals surface area contributed by atoms with Gasteiger partial charge in [-0.05, 0) is 11.6 Å². The highest BCUT2D eigenvalue weighted by atomic mass is 35.5. The molecule has 2 nitrogen and oxygen atoms in total. The second-order valence-electron chi connectivity index (χ2n) is 2.77. The van der Waals surface area contributed by atoms with E-state index in [0.717, 1.165) is 5.56 Å². The quantitative estimate of drug-likeness (QED) is 0.841. The van der Waals surface area contributed by atoms with Gasteiger partial charge in [0.1, 0.15) is 5.75 Å². The molecule has 5 heteroatoms. The van der Waals surface area contributed by atoms with Crippen molar-refractivity contribution in [1.82, 2.24) is 0 Å². The van der Waals surface area contributed by atoms with Crippen LogP contribution in [0.15, 0.2) is 12.1 Å². The van der Waals surface area contributed by atoms with Gasteiger partial charge in [0.25, 0.3) is 0 Å². The van der Waals surface area contributed by atoms with Crippen molar-refractivity contribution in [3.05, 3.63) is 27.7 Å². The number of nitrogens with two attached hydrogens (primary N) is 1. The lowest BCUT2D eigenvalue weighted by molar-refractivity contribution is 0.415. The minimum Gasteiger partial charge on any atom is -0.495 e. The van der Waals surface area contributed by atoms with Gasteiger partial charge in [-0.15, -0.1) is 11.6 Å². The number of rotatable bonds is 3. The average molecular weight is 255 g/mol. The molecule has 0 heterocycles. The molecular weight excluding hydrogens is 244 g/mol. The molecule has 0 saturated carbocycles. The molecule has 0 aromatic heterocycles. The number of hydrogen-bond acceptors (Lipinski definition) is 2. The van der Waals surface area contributed by atoms with Crippen LogP contribution in [0.1, 0.15) is 11.6 Å². The predicted molar refractivity (Wildman–Crippen MR) is 60.7 cm³/mol. The standard InChI is InChI=1S/C9H10Cl3NO/c1-14-9-3-6(11)5(2-7(9)12)8(13)4-10/h2-3,8H,4,13H2,1H3. The molecule has 0 spiro atoms. The van der Waals surface area contributed by atoms with E-state index in [1.807, 2.05) is 0 Å². The maximum atomic E-state index is 5.98. The molecule has 2 N–H and O–H groups in total. The van der Waals surface area contributed by atoms with Crippen LogP contribution in [0.25, 0.3) is 0 Å². The van der Waals surface area contributed by atoms with Crippen molar-refractivity contribution in [2.75, 3.05) is 13.0 Å². The van der Waals surface area contributed by atoms with Crippen LogP contribution in [-0.4, -0.2) is 13.0 Å². The molecule has 0 fully saturated rings. The Balaban J connectivity index is 3.14. The monoisotopic (exact) mass is 253 g/mol. The van der Waals surface area contributed by atoms with Crippen LogP contribution in [0.3, 0.4) is 0 Å². The number of halogens is 3. The fourth-order valence-electron chi connectivity index (χ4n) is 1.07. The Morgan fingerprint density at radius 1 is 1.36 bits per heavy atom. The summed E-state index contributed by atoms with van der Waals surface area (Å²) in [5, 5.41) is 0.992. The molecule has 0 aliphatic rings. The molecule has 0 aliphatic heterocycles. The van der Waals surface area contributed by atoms with Gasteiger partial charge in [0.05, 0.1) is 12.1 Å². The summed E-state index contributed by atoms with van der Waals surface area (Å²) in [5.41, 5.74) is 6.47. The van der Waals surface area contributed by atoms with Crippen LogP contribution in [0.4, 0.5) is 0 Å². The minimum absolute atomic E-state index is 0.294. The van der Waals surface area contributed by atoms with Gasteiger partial charge in [-0.25, -0.2) is 0 Å². The van der Waals surface area contributed by atoms with Crippen molar-refractivity contribution >= 4 is 34.8 Å². The number of alkyl halides is 1. The van der Waals surface area contributed by atoms with E-state index in [1.54, 1.807) is 12.1 Å². The van der Waals surface area contributed by atoms with Gasteiger partial charge in [-0.2, -0.15) is 0 Å². The highest BCUT2D eigenvalue weighted by Gasteiger charge is 2.12. The Hall–Kier alpha value is -0.150. The first-order chi connectivity index (χ1) is 6.60. The summed E-state index contributed by atoms with van der Waals surface area (Å²) in [7, 11) is 1.53. The third kappa shape index (κ3) is 2.45. The molecule has 1 rings (SSSR count). The van der Waals surface area contributed by atoms with Crippen LogP contribution >= 0.6 is 34.8 Å². The van der Waals surface area contributed by atoms with E-state index in [-0.39, 0.29) is 6.04 Å². The van der Waals surface area contributed by atoms with Gasteiger partial charge in [0, 0.05) is 23.0 Å². The lowest BCUT2D eigenvalue weighted by Gasteiger charge is -2.12. The van der Waals surface area contributed by atoms with Crippen molar-refractivity contribution in [2.45, 2.75) is 6.04 Å². The fourth-order valence-corrected chi connectivity index (χ4v) is 1.78. The van der Waals surface area contributed by atoms with Crippen molar-refractivity contribution < 1.29 is 4.74 Å². The number of ether oxygens (including phenoxy) is 1.